The number of hydrogen-bond donors (Lipinski definition) is 2. The molecule has 1 atom stereocenters. The van der Waals surface area contributed by atoms with Crippen LogP contribution in [0.3, 0.4) is 0 Å². The number of aryl methyl sites for hydroxylation is 1. The molecule has 1 aromatic carbocycles. The van der Waals surface area contributed by atoms with Gasteiger partial charge in [0.2, 0.25) is 0 Å². The number of carbonyl (C=O) groups excluding carboxylic acids is 1. The van der Waals surface area contributed by atoms with E-state index in [-0.39, 0.29) is 5.91 Å². The molecule has 2 N–H and O–H groups in total. The molecule has 2 aromatic rings. The summed E-state index contributed by atoms with van der Waals surface area (Å²) in [5, 5.41) is 9.08. The third kappa shape index (κ3) is 3.57. The van der Waals surface area contributed by atoms with Crippen LogP contribution in [-0.4, -0.2) is 22.2 Å². The van der Waals surface area contributed by atoms with Crippen molar-refractivity contribution in [3.63, 3.8) is 0 Å². The molecule has 5 nitrogen and oxygen atoms in total. The van der Waals surface area contributed by atoms with E-state index in [0.29, 0.717) is 11.4 Å². The van der Waals surface area contributed by atoms with E-state index in [1.54, 1.807) is 13.1 Å². The summed E-state index contributed by atoms with van der Waals surface area (Å²) in [6.45, 7) is 3.69. The number of aromatic amines is 1. The topological polar surface area (TPSA) is 67.0 Å². The number of H-pyrrole nitrogens is 1. The lowest BCUT2D eigenvalue weighted by molar-refractivity contribution is -0.122. The van der Waals surface area contributed by atoms with E-state index in [4.69, 9.17) is 4.74 Å². The predicted molar refractivity (Wildman–Crippen MR) is 76.2 cm³/mol. The third-order valence-corrected chi connectivity index (χ3v) is 3.15. The Balaban J connectivity index is 2.00. The lowest BCUT2D eigenvalue weighted by atomic mass is 10.2. The Morgan fingerprint density at radius 2 is 2.32 bits per heavy atom. The number of amides is 1. The Morgan fingerprint density at radius 3 is 2.95 bits per heavy atom. The van der Waals surface area contributed by atoms with E-state index < -0.39 is 6.10 Å². The minimum atomic E-state index is -0.603. The summed E-state index contributed by atoms with van der Waals surface area (Å²) < 4.78 is 6.45. The van der Waals surface area contributed by atoms with Crippen molar-refractivity contribution in [1.82, 2.24) is 10.2 Å². The number of carbonyl (C=O) groups is 1. The number of halogens is 1. The van der Waals surface area contributed by atoms with Crippen LogP contribution in [0, 0.1) is 6.92 Å². The highest BCUT2D eigenvalue weighted by molar-refractivity contribution is 9.10. The van der Waals surface area contributed by atoms with Crippen molar-refractivity contribution in [1.29, 1.82) is 0 Å². The number of ether oxygens (including phenoxy) is 1. The number of aromatic nitrogens is 2. The van der Waals surface area contributed by atoms with Crippen LogP contribution in [-0.2, 0) is 4.79 Å². The van der Waals surface area contributed by atoms with Crippen molar-refractivity contribution < 1.29 is 9.53 Å². The molecule has 100 valence electrons. The molecule has 6 heteroatoms. The molecule has 2 rings (SSSR count). The van der Waals surface area contributed by atoms with Gasteiger partial charge in [-0.15, -0.1) is 0 Å². The summed E-state index contributed by atoms with van der Waals surface area (Å²) in [5.41, 5.74) is 1.73. The first kappa shape index (κ1) is 13.6. The summed E-state index contributed by atoms with van der Waals surface area (Å²) >= 11 is 3.41. The Hall–Kier alpha value is -1.82. The number of nitrogens with zero attached hydrogens (tertiary/aromatic N) is 1. The summed E-state index contributed by atoms with van der Waals surface area (Å²) in [5.74, 6) is 0.411. The van der Waals surface area contributed by atoms with Crippen molar-refractivity contribution in [3.8, 4) is 5.75 Å². The fourth-order valence-electron chi connectivity index (χ4n) is 1.51. The van der Waals surface area contributed by atoms with Crippen LogP contribution in [0.25, 0.3) is 0 Å². The van der Waals surface area contributed by atoms with Gasteiger partial charge in [0, 0.05) is 6.20 Å². The Morgan fingerprint density at radius 1 is 1.53 bits per heavy atom. The molecule has 1 unspecified atom stereocenters. The maximum absolute atomic E-state index is 11.9. The van der Waals surface area contributed by atoms with Crippen molar-refractivity contribution >= 4 is 27.5 Å². The molecule has 0 spiro atoms. The van der Waals surface area contributed by atoms with E-state index in [1.165, 1.54) is 6.20 Å². The molecular weight excluding hydrogens is 310 g/mol. The van der Waals surface area contributed by atoms with Gasteiger partial charge in [0.05, 0.1) is 16.4 Å². The lowest BCUT2D eigenvalue weighted by Gasteiger charge is -2.15. The molecule has 0 aliphatic carbocycles. The van der Waals surface area contributed by atoms with Gasteiger partial charge < -0.3 is 10.1 Å². The van der Waals surface area contributed by atoms with E-state index in [1.807, 2.05) is 25.1 Å². The molecule has 0 fully saturated rings. The zero-order valence-electron chi connectivity index (χ0n) is 10.6. The highest BCUT2D eigenvalue weighted by Crippen LogP contribution is 2.26. The summed E-state index contributed by atoms with van der Waals surface area (Å²) in [7, 11) is 0. The van der Waals surface area contributed by atoms with Gasteiger partial charge in [-0.1, -0.05) is 6.07 Å². The van der Waals surface area contributed by atoms with Crippen LogP contribution in [0.15, 0.2) is 35.1 Å². The second-order valence-electron chi connectivity index (χ2n) is 4.17. The van der Waals surface area contributed by atoms with Crippen LogP contribution in [0.4, 0.5) is 5.69 Å². The standard InChI is InChI=1S/C13H14BrN3O2/c1-8-3-4-12(11(14)5-8)19-9(2)13(18)17-10-6-15-16-7-10/h3-7,9H,1-2H3,(H,15,16)(H,17,18). The first-order chi connectivity index (χ1) is 9.06. The van der Waals surface area contributed by atoms with Crippen LogP contribution in [0.2, 0.25) is 0 Å². The van der Waals surface area contributed by atoms with E-state index in [0.717, 1.165) is 10.0 Å². The first-order valence-corrected chi connectivity index (χ1v) is 6.58. The van der Waals surface area contributed by atoms with Crippen LogP contribution in [0.1, 0.15) is 12.5 Å². The minimum absolute atomic E-state index is 0.228. The molecule has 0 saturated carbocycles. The molecule has 1 heterocycles. The summed E-state index contributed by atoms with van der Waals surface area (Å²) in [6, 6.07) is 5.71. The molecule has 0 aliphatic heterocycles. The molecule has 0 radical (unpaired) electrons. The molecule has 0 bridgehead atoms. The fraction of sp³-hybridized carbons (Fsp3) is 0.231. The normalized spacial score (nSPS) is 11.9. The number of hydrogen-bond acceptors (Lipinski definition) is 3. The van der Waals surface area contributed by atoms with E-state index in [9.17, 15) is 4.79 Å². The van der Waals surface area contributed by atoms with Gasteiger partial charge in [-0.3, -0.25) is 9.89 Å². The number of rotatable bonds is 4. The summed E-state index contributed by atoms with van der Waals surface area (Å²) in [4.78, 5) is 11.9. The van der Waals surface area contributed by atoms with Crippen LogP contribution < -0.4 is 10.1 Å². The molecular formula is C13H14BrN3O2. The van der Waals surface area contributed by atoms with Crippen molar-refractivity contribution in [2.24, 2.45) is 0 Å². The lowest BCUT2D eigenvalue weighted by Crippen LogP contribution is -2.30. The summed E-state index contributed by atoms with van der Waals surface area (Å²) in [6.07, 6.45) is 2.53. The molecule has 1 amide bonds. The van der Waals surface area contributed by atoms with Gasteiger partial charge in [-0.05, 0) is 47.5 Å². The van der Waals surface area contributed by atoms with Gasteiger partial charge in [0.15, 0.2) is 6.10 Å². The van der Waals surface area contributed by atoms with Gasteiger partial charge in [0.25, 0.3) is 5.91 Å². The van der Waals surface area contributed by atoms with E-state index in [2.05, 4.69) is 31.4 Å². The zero-order chi connectivity index (χ0) is 13.8. The SMILES string of the molecule is Cc1ccc(OC(C)C(=O)Nc2cn[nH]c2)c(Br)c1. The second-order valence-corrected chi connectivity index (χ2v) is 5.02. The average Bonchev–Trinajstić information content (AvgIpc) is 2.85. The third-order valence-electron chi connectivity index (χ3n) is 2.53. The first-order valence-electron chi connectivity index (χ1n) is 5.78. The second kappa shape index (κ2) is 5.88. The monoisotopic (exact) mass is 323 g/mol. The molecule has 0 saturated heterocycles. The smallest absolute Gasteiger partial charge is 0.265 e. The average molecular weight is 324 g/mol. The number of benzene rings is 1. The Labute approximate surface area is 119 Å². The van der Waals surface area contributed by atoms with Gasteiger partial charge in [-0.2, -0.15) is 5.10 Å². The highest BCUT2D eigenvalue weighted by atomic mass is 79.9. The fourth-order valence-corrected chi connectivity index (χ4v) is 2.10. The van der Waals surface area contributed by atoms with E-state index >= 15 is 0 Å². The molecule has 1 aromatic heterocycles. The van der Waals surface area contributed by atoms with Crippen LogP contribution in [0.5, 0.6) is 5.75 Å². The minimum Gasteiger partial charge on any atom is -0.480 e. The predicted octanol–water partition coefficient (Wildman–Crippen LogP) is 2.89. The maximum Gasteiger partial charge on any atom is 0.265 e. The zero-order valence-corrected chi connectivity index (χ0v) is 12.2. The molecule has 19 heavy (non-hydrogen) atoms. The quantitative estimate of drug-likeness (QED) is 0.909. The van der Waals surface area contributed by atoms with Gasteiger partial charge in [-0.25, -0.2) is 0 Å². The van der Waals surface area contributed by atoms with Gasteiger partial charge >= 0.3 is 0 Å². The molecule has 0 aliphatic rings. The Kier molecular flexibility index (Phi) is 4.21. The largest absolute Gasteiger partial charge is 0.480 e. The van der Waals surface area contributed by atoms with Crippen molar-refractivity contribution in [2.75, 3.05) is 5.32 Å². The van der Waals surface area contributed by atoms with Crippen molar-refractivity contribution in [2.45, 2.75) is 20.0 Å². The highest BCUT2D eigenvalue weighted by Gasteiger charge is 2.16. The van der Waals surface area contributed by atoms with Crippen molar-refractivity contribution in [3.05, 3.63) is 40.6 Å². The van der Waals surface area contributed by atoms with Crippen LogP contribution >= 0.6 is 15.9 Å². The number of nitrogens with one attached hydrogen (secondary N) is 2. The maximum atomic E-state index is 11.9. The number of anilines is 1. The Bertz CT molecular complexity index is 569. The van der Waals surface area contributed by atoms with Gasteiger partial charge in [0.1, 0.15) is 5.75 Å².